The highest BCUT2D eigenvalue weighted by Gasteiger charge is 2.28. The van der Waals surface area contributed by atoms with Crippen LogP contribution < -0.4 is 10.1 Å². The molecule has 0 spiro atoms. The fraction of sp³-hybridized carbons (Fsp3) is 0.167. The maximum atomic E-state index is 12.1. The Morgan fingerprint density at radius 2 is 1.69 bits per heavy atom. The first kappa shape index (κ1) is 18.6. The highest BCUT2D eigenvalue weighted by atomic mass is 16.5. The largest absolute Gasteiger partial charge is 0.481 e. The third kappa shape index (κ3) is 4.07. The molecule has 0 saturated heterocycles. The Labute approximate surface area is 169 Å². The lowest BCUT2D eigenvalue weighted by Crippen LogP contribution is -2.26. The summed E-state index contributed by atoms with van der Waals surface area (Å²) in [5, 5.41) is 2.66. The Morgan fingerprint density at radius 3 is 2.38 bits per heavy atom. The Balaban J connectivity index is 1.34. The zero-order valence-electron chi connectivity index (χ0n) is 16.0. The molecular formula is C24H20N2O3. The van der Waals surface area contributed by atoms with E-state index >= 15 is 0 Å². The fourth-order valence-corrected chi connectivity index (χ4v) is 3.50. The first-order chi connectivity index (χ1) is 14.3. The molecule has 0 fully saturated rings. The van der Waals surface area contributed by atoms with Crippen LogP contribution in [0.5, 0.6) is 5.88 Å². The van der Waals surface area contributed by atoms with E-state index in [1.165, 1.54) is 22.3 Å². The molecule has 1 aromatic heterocycles. The van der Waals surface area contributed by atoms with Crippen LogP contribution in [0.25, 0.3) is 11.1 Å². The van der Waals surface area contributed by atoms with E-state index in [4.69, 9.17) is 9.47 Å². The zero-order valence-corrected chi connectivity index (χ0v) is 16.0. The number of fused-ring (bicyclic) bond motifs is 3. The van der Waals surface area contributed by atoms with Crippen LogP contribution in [-0.4, -0.2) is 31.3 Å². The van der Waals surface area contributed by atoms with Crippen molar-refractivity contribution in [1.29, 1.82) is 0 Å². The Morgan fingerprint density at radius 1 is 1.00 bits per heavy atom. The standard InChI is InChI=1S/C24H20N2O3/c1-28-23-14-6-8-17(26-23)9-7-15-25-24(27)29-16-22-20-12-4-2-10-18(20)19-11-3-5-13-21(19)22/h2-6,8,10-14,22H,15-16H2,1H3,(H,25,27). The van der Waals surface area contributed by atoms with Crippen LogP contribution in [-0.2, 0) is 4.74 Å². The highest BCUT2D eigenvalue weighted by Crippen LogP contribution is 2.44. The van der Waals surface area contributed by atoms with E-state index in [1.54, 1.807) is 19.2 Å². The minimum absolute atomic E-state index is 0.0419. The van der Waals surface area contributed by atoms with E-state index in [0.29, 0.717) is 11.6 Å². The number of benzene rings is 2. The highest BCUT2D eigenvalue weighted by molar-refractivity contribution is 5.79. The van der Waals surface area contributed by atoms with Gasteiger partial charge < -0.3 is 14.8 Å². The summed E-state index contributed by atoms with van der Waals surface area (Å²) in [6.07, 6.45) is -0.486. The van der Waals surface area contributed by atoms with E-state index in [1.807, 2.05) is 30.3 Å². The topological polar surface area (TPSA) is 60.5 Å². The van der Waals surface area contributed by atoms with Crippen molar-refractivity contribution in [1.82, 2.24) is 10.3 Å². The quantitative estimate of drug-likeness (QED) is 0.691. The number of pyridine rings is 1. The van der Waals surface area contributed by atoms with Crippen LogP contribution in [0.2, 0.25) is 0 Å². The number of alkyl carbamates (subject to hydrolysis) is 1. The molecule has 144 valence electrons. The van der Waals surface area contributed by atoms with Gasteiger partial charge in [0.05, 0.1) is 13.7 Å². The second-order valence-electron chi connectivity index (χ2n) is 6.55. The number of nitrogens with one attached hydrogen (secondary N) is 1. The minimum atomic E-state index is -0.486. The Bertz CT molecular complexity index is 1050. The number of carbonyl (C=O) groups excluding carboxylic acids is 1. The summed E-state index contributed by atoms with van der Waals surface area (Å²) in [7, 11) is 1.55. The zero-order chi connectivity index (χ0) is 20.1. The van der Waals surface area contributed by atoms with Gasteiger partial charge in [0.2, 0.25) is 5.88 Å². The van der Waals surface area contributed by atoms with Gasteiger partial charge in [-0.1, -0.05) is 60.5 Å². The van der Waals surface area contributed by atoms with Crippen LogP contribution in [0.4, 0.5) is 4.79 Å². The number of hydrogen-bond donors (Lipinski definition) is 1. The molecule has 5 nitrogen and oxygen atoms in total. The molecule has 1 N–H and O–H groups in total. The maximum Gasteiger partial charge on any atom is 0.407 e. The summed E-state index contributed by atoms with van der Waals surface area (Å²) in [6.45, 7) is 0.459. The van der Waals surface area contributed by atoms with E-state index in [2.05, 4.69) is 46.4 Å². The molecule has 4 rings (SSSR count). The van der Waals surface area contributed by atoms with E-state index in [0.717, 1.165) is 0 Å². The number of ether oxygens (including phenoxy) is 2. The van der Waals surface area contributed by atoms with Gasteiger partial charge in [0.1, 0.15) is 12.3 Å². The first-order valence-corrected chi connectivity index (χ1v) is 9.35. The molecule has 5 heteroatoms. The van der Waals surface area contributed by atoms with Gasteiger partial charge in [0.15, 0.2) is 0 Å². The van der Waals surface area contributed by atoms with Crippen molar-refractivity contribution >= 4 is 6.09 Å². The Hall–Kier alpha value is -3.78. The van der Waals surface area contributed by atoms with Crippen molar-refractivity contribution in [2.45, 2.75) is 5.92 Å². The fourth-order valence-electron chi connectivity index (χ4n) is 3.50. The van der Waals surface area contributed by atoms with Crippen molar-refractivity contribution in [2.24, 2.45) is 0 Å². The number of aromatic nitrogens is 1. The SMILES string of the molecule is COc1cccc(C#CCNC(=O)OCC2c3ccccc3-c3ccccc32)n1. The monoisotopic (exact) mass is 384 g/mol. The Kier molecular flexibility index (Phi) is 5.44. The van der Waals surface area contributed by atoms with Gasteiger partial charge in [0, 0.05) is 12.0 Å². The summed E-state index contributed by atoms with van der Waals surface area (Å²) < 4.78 is 10.5. The smallest absolute Gasteiger partial charge is 0.407 e. The van der Waals surface area contributed by atoms with Crippen molar-refractivity contribution in [3.05, 3.63) is 83.6 Å². The summed E-state index contributed by atoms with van der Waals surface area (Å²) in [6, 6.07) is 21.8. The number of amides is 1. The molecule has 1 amide bonds. The van der Waals surface area contributed by atoms with Gasteiger partial charge in [-0.2, -0.15) is 0 Å². The molecular weight excluding hydrogens is 364 g/mol. The number of methoxy groups -OCH3 is 1. The summed E-state index contributed by atoms with van der Waals surface area (Å²) in [5.74, 6) is 6.29. The average molecular weight is 384 g/mol. The number of rotatable bonds is 4. The predicted octanol–water partition coefficient (Wildman–Crippen LogP) is 3.98. The lowest BCUT2D eigenvalue weighted by molar-refractivity contribution is 0.144. The van der Waals surface area contributed by atoms with Crippen LogP contribution in [0, 0.1) is 11.8 Å². The number of carbonyl (C=O) groups is 1. The molecule has 29 heavy (non-hydrogen) atoms. The van der Waals surface area contributed by atoms with E-state index < -0.39 is 6.09 Å². The van der Waals surface area contributed by atoms with Crippen molar-refractivity contribution in [3.8, 4) is 28.8 Å². The number of hydrogen-bond acceptors (Lipinski definition) is 4. The molecule has 1 heterocycles. The molecule has 0 radical (unpaired) electrons. The molecule has 0 unspecified atom stereocenters. The summed E-state index contributed by atoms with van der Waals surface area (Å²) in [5.41, 5.74) is 5.36. The lowest BCUT2D eigenvalue weighted by atomic mass is 9.98. The molecule has 1 aliphatic rings. The van der Waals surface area contributed by atoms with E-state index in [9.17, 15) is 4.79 Å². The van der Waals surface area contributed by atoms with Gasteiger partial charge in [-0.15, -0.1) is 0 Å². The van der Waals surface area contributed by atoms with Gasteiger partial charge in [-0.25, -0.2) is 9.78 Å². The molecule has 2 aromatic carbocycles. The third-order valence-electron chi connectivity index (χ3n) is 4.81. The summed E-state index contributed by atoms with van der Waals surface area (Å²) in [4.78, 5) is 16.3. The van der Waals surface area contributed by atoms with Crippen molar-refractivity contribution in [2.75, 3.05) is 20.3 Å². The molecule has 0 aliphatic heterocycles. The van der Waals surface area contributed by atoms with Crippen molar-refractivity contribution < 1.29 is 14.3 Å². The third-order valence-corrected chi connectivity index (χ3v) is 4.81. The maximum absolute atomic E-state index is 12.1. The lowest BCUT2D eigenvalue weighted by Gasteiger charge is -2.14. The van der Waals surface area contributed by atoms with Crippen LogP contribution in [0.1, 0.15) is 22.7 Å². The first-order valence-electron chi connectivity index (χ1n) is 9.35. The summed E-state index contributed by atoms with van der Waals surface area (Å²) >= 11 is 0. The van der Waals surface area contributed by atoms with Gasteiger partial charge >= 0.3 is 6.09 Å². The minimum Gasteiger partial charge on any atom is -0.481 e. The molecule has 0 saturated carbocycles. The normalized spacial score (nSPS) is 11.6. The average Bonchev–Trinajstić information content (AvgIpc) is 3.09. The molecule has 1 aliphatic carbocycles. The van der Waals surface area contributed by atoms with Gasteiger partial charge in [-0.3, -0.25) is 0 Å². The molecule has 3 aromatic rings. The van der Waals surface area contributed by atoms with Crippen LogP contribution in [0.15, 0.2) is 66.7 Å². The molecule has 0 atom stereocenters. The predicted molar refractivity (Wildman–Crippen MR) is 111 cm³/mol. The number of nitrogens with zero attached hydrogens (tertiary/aromatic N) is 1. The second-order valence-corrected chi connectivity index (χ2v) is 6.55. The van der Waals surface area contributed by atoms with Gasteiger partial charge in [0.25, 0.3) is 0 Å². The van der Waals surface area contributed by atoms with E-state index in [-0.39, 0.29) is 19.1 Å². The van der Waals surface area contributed by atoms with Gasteiger partial charge in [-0.05, 0) is 34.2 Å². The second kappa shape index (κ2) is 8.49. The van der Waals surface area contributed by atoms with Crippen LogP contribution in [0.3, 0.4) is 0 Å². The molecule has 0 bridgehead atoms. The van der Waals surface area contributed by atoms with Crippen molar-refractivity contribution in [3.63, 3.8) is 0 Å². The van der Waals surface area contributed by atoms with Crippen LogP contribution >= 0.6 is 0 Å².